The topological polar surface area (TPSA) is 119 Å². The van der Waals surface area contributed by atoms with Crippen LogP contribution in [0.25, 0.3) is 0 Å². The van der Waals surface area contributed by atoms with E-state index < -0.39 is 23.5 Å². The summed E-state index contributed by atoms with van der Waals surface area (Å²) in [5.41, 5.74) is -1.84. The molecule has 1 unspecified atom stereocenters. The molecule has 0 aliphatic carbocycles. The van der Waals surface area contributed by atoms with E-state index in [0.29, 0.717) is 6.42 Å². The maximum Gasteiger partial charge on any atom is 0.323 e. The lowest BCUT2D eigenvalue weighted by Crippen LogP contribution is -2.48. The van der Waals surface area contributed by atoms with Crippen LogP contribution in [0.2, 0.25) is 0 Å². The summed E-state index contributed by atoms with van der Waals surface area (Å²) < 4.78 is 5.01. The standard InChI is InChI=1S/C17H32O5.H3N/c1-4-5-6-7-8-9-10-11-12-13-17(15(18)19,16(20)21)14(2)22-3;/h14H,4-13H2,1-3H3,(H,18,19)(H,20,21);1H3. The van der Waals surface area contributed by atoms with Crippen molar-refractivity contribution in [1.82, 2.24) is 6.15 Å². The van der Waals surface area contributed by atoms with Gasteiger partial charge in [0, 0.05) is 7.11 Å². The maximum atomic E-state index is 11.5. The van der Waals surface area contributed by atoms with Gasteiger partial charge in [0.25, 0.3) is 0 Å². The molecule has 6 heteroatoms. The molecule has 0 fully saturated rings. The van der Waals surface area contributed by atoms with Crippen LogP contribution in [0.3, 0.4) is 0 Å². The Labute approximate surface area is 140 Å². The van der Waals surface area contributed by atoms with Gasteiger partial charge >= 0.3 is 11.9 Å². The van der Waals surface area contributed by atoms with Crippen LogP contribution in [0, 0.1) is 5.41 Å². The van der Waals surface area contributed by atoms with Crippen molar-refractivity contribution in [3.8, 4) is 0 Å². The Morgan fingerprint density at radius 1 is 0.913 bits per heavy atom. The van der Waals surface area contributed by atoms with E-state index in [1.165, 1.54) is 46.1 Å². The highest BCUT2D eigenvalue weighted by atomic mass is 16.5. The van der Waals surface area contributed by atoms with Gasteiger partial charge in [-0.15, -0.1) is 0 Å². The zero-order chi connectivity index (χ0) is 17.0. The molecular formula is C17H35NO5. The normalized spacial score (nSPS) is 12.5. The van der Waals surface area contributed by atoms with E-state index in [0.717, 1.165) is 19.3 Å². The SMILES string of the molecule is CCCCCCCCCCCC(C(=O)O)(C(=O)O)C(C)OC.N. The Morgan fingerprint density at radius 3 is 1.65 bits per heavy atom. The fraction of sp³-hybridized carbons (Fsp3) is 0.882. The summed E-state index contributed by atoms with van der Waals surface area (Å²) in [5.74, 6) is -2.62. The summed E-state index contributed by atoms with van der Waals surface area (Å²) in [6, 6.07) is 0. The minimum Gasteiger partial charge on any atom is -0.480 e. The number of carboxylic acids is 2. The lowest BCUT2D eigenvalue weighted by Gasteiger charge is -2.30. The van der Waals surface area contributed by atoms with Gasteiger partial charge in [-0.3, -0.25) is 9.59 Å². The second kappa shape index (κ2) is 13.3. The highest BCUT2D eigenvalue weighted by Gasteiger charge is 2.51. The minimum atomic E-state index is -1.84. The second-order valence-electron chi connectivity index (χ2n) is 6.04. The summed E-state index contributed by atoms with van der Waals surface area (Å²) in [4.78, 5) is 22.9. The van der Waals surface area contributed by atoms with E-state index in [2.05, 4.69) is 6.92 Å². The third kappa shape index (κ3) is 7.79. The number of carboxylic acid groups (broad SMARTS) is 2. The molecule has 5 N–H and O–H groups in total. The summed E-state index contributed by atoms with van der Waals surface area (Å²) in [6.07, 6.45) is 9.16. The van der Waals surface area contributed by atoms with Crippen molar-refractivity contribution in [2.45, 2.75) is 84.2 Å². The van der Waals surface area contributed by atoms with Crippen molar-refractivity contribution >= 4 is 11.9 Å². The van der Waals surface area contributed by atoms with Gasteiger partial charge in [0.15, 0.2) is 5.41 Å². The van der Waals surface area contributed by atoms with Gasteiger partial charge in [0.1, 0.15) is 0 Å². The van der Waals surface area contributed by atoms with Crippen LogP contribution in [0.4, 0.5) is 0 Å². The molecule has 6 nitrogen and oxygen atoms in total. The predicted molar refractivity (Wildman–Crippen MR) is 91.0 cm³/mol. The van der Waals surface area contributed by atoms with Gasteiger partial charge in [-0.25, -0.2) is 0 Å². The van der Waals surface area contributed by atoms with E-state index in [9.17, 15) is 19.8 Å². The van der Waals surface area contributed by atoms with Crippen molar-refractivity contribution in [3.63, 3.8) is 0 Å². The number of rotatable bonds is 14. The van der Waals surface area contributed by atoms with E-state index in [4.69, 9.17) is 4.74 Å². The van der Waals surface area contributed by atoms with Crippen molar-refractivity contribution in [2.75, 3.05) is 7.11 Å². The van der Waals surface area contributed by atoms with Crippen LogP contribution in [0.1, 0.15) is 78.1 Å². The lowest BCUT2D eigenvalue weighted by molar-refractivity contribution is -0.175. The van der Waals surface area contributed by atoms with Crippen molar-refractivity contribution in [2.24, 2.45) is 5.41 Å². The van der Waals surface area contributed by atoms with Gasteiger partial charge in [-0.1, -0.05) is 64.7 Å². The van der Waals surface area contributed by atoms with Crippen molar-refractivity contribution < 1.29 is 24.5 Å². The highest BCUT2D eigenvalue weighted by Crippen LogP contribution is 2.32. The molecule has 1 atom stereocenters. The first kappa shape index (κ1) is 24.1. The van der Waals surface area contributed by atoms with Crippen LogP contribution in [-0.4, -0.2) is 35.4 Å². The van der Waals surface area contributed by atoms with Gasteiger partial charge in [0.05, 0.1) is 6.10 Å². The van der Waals surface area contributed by atoms with Crippen LogP contribution in [0.5, 0.6) is 0 Å². The number of unbranched alkanes of at least 4 members (excludes halogenated alkanes) is 8. The first-order valence-corrected chi connectivity index (χ1v) is 8.43. The van der Waals surface area contributed by atoms with Crippen molar-refractivity contribution in [1.29, 1.82) is 0 Å². The molecule has 0 bridgehead atoms. The molecule has 0 rings (SSSR count). The molecule has 0 amide bonds. The van der Waals surface area contributed by atoms with E-state index in [-0.39, 0.29) is 12.6 Å². The number of methoxy groups -OCH3 is 1. The van der Waals surface area contributed by atoms with Gasteiger partial charge in [0.2, 0.25) is 0 Å². The van der Waals surface area contributed by atoms with E-state index in [1.54, 1.807) is 0 Å². The fourth-order valence-corrected chi connectivity index (χ4v) is 2.77. The second-order valence-corrected chi connectivity index (χ2v) is 6.04. The molecular weight excluding hydrogens is 298 g/mol. The highest BCUT2D eigenvalue weighted by molar-refractivity contribution is 5.99. The third-order valence-electron chi connectivity index (χ3n) is 4.49. The molecule has 0 aliphatic heterocycles. The predicted octanol–water partition coefficient (Wildman–Crippen LogP) is 4.26. The molecule has 0 aromatic heterocycles. The van der Waals surface area contributed by atoms with Crippen molar-refractivity contribution in [3.05, 3.63) is 0 Å². The summed E-state index contributed by atoms with van der Waals surface area (Å²) in [7, 11) is 1.35. The van der Waals surface area contributed by atoms with E-state index >= 15 is 0 Å². The summed E-state index contributed by atoms with van der Waals surface area (Å²) in [6.45, 7) is 3.70. The van der Waals surface area contributed by atoms with Crippen LogP contribution in [-0.2, 0) is 14.3 Å². The average Bonchev–Trinajstić information content (AvgIpc) is 2.48. The van der Waals surface area contributed by atoms with Crippen LogP contribution < -0.4 is 6.15 Å². The molecule has 0 aromatic rings. The molecule has 0 saturated heterocycles. The molecule has 138 valence electrons. The summed E-state index contributed by atoms with van der Waals surface area (Å²) in [5, 5.41) is 18.7. The molecule has 0 heterocycles. The Balaban J connectivity index is 0. The maximum absolute atomic E-state index is 11.5. The zero-order valence-corrected chi connectivity index (χ0v) is 15.0. The zero-order valence-electron chi connectivity index (χ0n) is 15.0. The molecule has 0 aromatic carbocycles. The van der Waals surface area contributed by atoms with Gasteiger partial charge < -0.3 is 21.1 Å². The first-order valence-electron chi connectivity index (χ1n) is 8.43. The molecule has 0 radical (unpaired) electrons. The Kier molecular flexibility index (Phi) is 14.0. The quantitative estimate of drug-likeness (QED) is 0.323. The number of ether oxygens (including phenoxy) is 1. The number of hydrogen-bond donors (Lipinski definition) is 3. The molecule has 23 heavy (non-hydrogen) atoms. The average molecular weight is 333 g/mol. The van der Waals surface area contributed by atoms with Gasteiger partial charge in [-0.2, -0.15) is 0 Å². The summed E-state index contributed by atoms with van der Waals surface area (Å²) >= 11 is 0. The Hall–Kier alpha value is -1.14. The molecule has 0 aliphatic rings. The largest absolute Gasteiger partial charge is 0.480 e. The number of hydrogen-bond acceptors (Lipinski definition) is 4. The Bertz CT molecular complexity index is 319. The monoisotopic (exact) mass is 333 g/mol. The van der Waals surface area contributed by atoms with E-state index in [1.807, 2.05) is 0 Å². The van der Waals surface area contributed by atoms with Gasteiger partial charge in [-0.05, 0) is 13.3 Å². The molecule has 0 saturated carbocycles. The number of aliphatic carboxylic acids is 2. The minimum absolute atomic E-state index is 0. The third-order valence-corrected chi connectivity index (χ3v) is 4.49. The fourth-order valence-electron chi connectivity index (χ4n) is 2.77. The Morgan fingerprint density at radius 2 is 1.30 bits per heavy atom. The first-order chi connectivity index (χ1) is 10.4. The van der Waals surface area contributed by atoms with Crippen LogP contribution >= 0.6 is 0 Å². The number of carbonyl (C=O) groups is 2. The smallest absolute Gasteiger partial charge is 0.323 e. The lowest BCUT2D eigenvalue weighted by atomic mass is 9.78. The molecule has 0 spiro atoms. The van der Waals surface area contributed by atoms with Crippen LogP contribution in [0.15, 0.2) is 0 Å².